The zero-order chi connectivity index (χ0) is 20.6. The summed E-state index contributed by atoms with van der Waals surface area (Å²) in [4.78, 5) is 35.6. The van der Waals surface area contributed by atoms with E-state index in [-0.39, 0.29) is 10.6 Å². The smallest absolute Gasteiger partial charge is 0.349 e. The molecule has 1 rings (SSSR count). The standard InChI is InChI=1S/C20H25ClO6/c1-5-6-11-26-16(22)10-8-13-7-9-14(21)12-15(13)17(18(23)24)27-19(25)20(2,3)4/h7-10,12,17H,5-6,11H2,1-4H3,(H,23,24)/b10-8+. The molecule has 1 aromatic rings. The van der Waals surface area contributed by atoms with Gasteiger partial charge in [0.2, 0.25) is 6.10 Å². The van der Waals surface area contributed by atoms with Gasteiger partial charge in [-0.3, -0.25) is 4.79 Å². The molecule has 0 bridgehead atoms. The largest absolute Gasteiger partial charge is 0.478 e. The molecule has 6 nitrogen and oxygen atoms in total. The van der Waals surface area contributed by atoms with Crippen molar-refractivity contribution in [2.24, 2.45) is 5.41 Å². The number of halogens is 1. The van der Waals surface area contributed by atoms with E-state index in [0.29, 0.717) is 12.2 Å². The highest BCUT2D eigenvalue weighted by Crippen LogP contribution is 2.29. The minimum Gasteiger partial charge on any atom is -0.478 e. The van der Waals surface area contributed by atoms with E-state index in [1.54, 1.807) is 32.9 Å². The topological polar surface area (TPSA) is 89.9 Å². The van der Waals surface area contributed by atoms with E-state index in [2.05, 4.69) is 0 Å². The van der Waals surface area contributed by atoms with Gasteiger partial charge < -0.3 is 14.6 Å². The first-order valence-corrected chi connectivity index (χ1v) is 9.02. The van der Waals surface area contributed by atoms with Gasteiger partial charge in [0.25, 0.3) is 0 Å². The van der Waals surface area contributed by atoms with Crippen LogP contribution in [0.25, 0.3) is 6.08 Å². The van der Waals surface area contributed by atoms with Crippen LogP contribution in [0.3, 0.4) is 0 Å². The third kappa shape index (κ3) is 7.43. The van der Waals surface area contributed by atoms with Gasteiger partial charge in [-0.05, 0) is 51.0 Å². The number of aliphatic carboxylic acids is 1. The molecule has 1 aromatic carbocycles. The van der Waals surface area contributed by atoms with E-state index in [0.717, 1.165) is 12.8 Å². The van der Waals surface area contributed by atoms with E-state index in [1.807, 2.05) is 6.92 Å². The Morgan fingerprint density at radius 3 is 2.48 bits per heavy atom. The molecule has 1 unspecified atom stereocenters. The molecule has 0 aliphatic heterocycles. The Kier molecular flexibility index (Phi) is 8.50. The highest BCUT2D eigenvalue weighted by molar-refractivity contribution is 6.30. The fourth-order valence-electron chi connectivity index (χ4n) is 1.98. The van der Waals surface area contributed by atoms with Gasteiger partial charge in [-0.1, -0.05) is 31.0 Å². The minimum atomic E-state index is -1.55. The zero-order valence-corrected chi connectivity index (χ0v) is 16.7. The number of hydrogen-bond donors (Lipinski definition) is 1. The molecule has 0 aromatic heterocycles. The first-order chi connectivity index (χ1) is 12.6. The zero-order valence-electron chi connectivity index (χ0n) is 16.0. The Hall–Kier alpha value is -2.34. The Labute approximate surface area is 164 Å². The molecular formula is C20H25ClO6. The van der Waals surface area contributed by atoms with Gasteiger partial charge in [-0.2, -0.15) is 0 Å². The Morgan fingerprint density at radius 2 is 1.93 bits per heavy atom. The van der Waals surface area contributed by atoms with Crippen molar-refractivity contribution in [2.75, 3.05) is 6.61 Å². The minimum absolute atomic E-state index is 0.171. The van der Waals surface area contributed by atoms with Crippen LogP contribution in [-0.2, 0) is 23.9 Å². The number of carboxylic acids is 1. The molecule has 0 saturated carbocycles. The van der Waals surface area contributed by atoms with E-state index >= 15 is 0 Å². The van der Waals surface area contributed by atoms with Gasteiger partial charge in [0, 0.05) is 16.7 Å². The number of esters is 2. The number of carboxylic acid groups (broad SMARTS) is 1. The van der Waals surface area contributed by atoms with Crippen molar-refractivity contribution in [3.05, 3.63) is 40.4 Å². The molecule has 7 heteroatoms. The normalized spacial score (nSPS) is 12.6. The quantitative estimate of drug-likeness (QED) is 0.397. The monoisotopic (exact) mass is 396 g/mol. The number of ether oxygens (including phenoxy) is 2. The maximum Gasteiger partial charge on any atom is 0.349 e. The number of carbonyl (C=O) groups excluding carboxylic acids is 2. The van der Waals surface area contributed by atoms with Gasteiger partial charge >= 0.3 is 17.9 Å². The molecule has 0 radical (unpaired) electrons. The van der Waals surface area contributed by atoms with Crippen molar-refractivity contribution in [2.45, 2.75) is 46.6 Å². The fourth-order valence-corrected chi connectivity index (χ4v) is 2.16. The van der Waals surface area contributed by atoms with E-state index in [1.165, 1.54) is 18.2 Å². The van der Waals surface area contributed by atoms with Crippen LogP contribution in [0.15, 0.2) is 24.3 Å². The summed E-state index contributed by atoms with van der Waals surface area (Å²) >= 11 is 5.99. The van der Waals surface area contributed by atoms with Crippen molar-refractivity contribution in [1.29, 1.82) is 0 Å². The molecular weight excluding hydrogens is 372 g/mol. The van der Waals surface area contributed by atoms with Crippen molar-refractivity contribution < 1.29 is 29.0 Å². The second-order valence-corrected chi connectivity index (χ2v) is 7.44. The van der Waals surface area contributed by atoms with Crippen LogP contribution in [0, 0.1) is 5.41 Å². The molecule has 0 fully saturated rings. The average molecular weight is 397 g/mol. The molecule has 1 N–H and O–H groups in total. The molecule has 0 heterocycles. The van der Waals surface area contributed by atoms with Crippen LogP contribution in [0.1, 0.15) is 57.8 Å². The molecule has 148 valence electrons. The Bertz CT molecular complexity index is 718. The first-order valence-electron chi connectivity index (χ1n) is 8.64. The molecule has 1 atom stereocenters. The molecule has 0 spiro atoms. The summed E-state index contributed by atoms with van der Waals surface area (Å²) < 4.78 is 10.2. The van der Waals surface area contributed by atoms with Crippen molar-refractivity contribution in [3.63, 3.8) is 0 Å². The number of unbranched alkanes of at least 4 members (excludes halogenated alkanes) is 1. The van der Waals surface area contributed by atoms with Gasteiger partial charge in [-0.25, -0.2) is 9.59 Å². The number of benzene rings is 1. The fraction of sp³-hybridized carbons (Fsp3) is 0.450. The van der Waals surface area contributed by atoms with Crippen LogP contribution < -0.4 is 0 Å². The maximum atomic E-state index is 12.2. The molecule has 0 amide bonds. The van der Waals surface area contributed by atoms with E-state index < -0.39 is 29.4 Å². The summed E-state index contributed by atoms with van der Waals surface area (Å²) in [6.07, 6.45) is 2.73. The summed E-state index contributed by atoms with van der Waals surface area (Å²) in [7, 11) is 0. The van der Waals surface area contributed by atoms with Gasteiger partial charge in [0.05, 0.1) is 12.0 Å². The number of carbonyl (C=O) groups is 3. The third-order valence-corrected chi connectivity index (χ3v) is 3.77. The second-order valence-electron chi connectivity index (χ2n) is 7.00. The summed E-state index contributed by atoms with van der Waals surface area (Å²) in [5.74, 6) is -2.54. The highest BCUT2D eigenvalue weighted by Gasteiger charge is 2.32. The van der Waals surface area contributed by atoms with Crippen molar-refractivity contribution in [3.8, 4) is 0 Å². The van der Waals surface area contributed by atoms with Crippen LogP contribution in [0.5, 0.6) is 0 Å². The lowest BCUT2D eigenvalue weighted by atomic mass is 9.96. The van der Waals surface area contributed by atoms with Crippen LogP contribution in [0.4, 0.5) is 0 Å². The predicted molar refractivity (Wildman–Crippen MR) is 102 cm³/mol. The van der Waals surface area contributed by atoms with Gasteiger partial charge in [-0.15, -0.1) is 0 Å². The summed E-state index contributed by atoms with van der Waals surface area (Å²) in [5, 5.41) is 9.82. The lowest BCUT2D eigenvalue weighted by molar-refractivity contribution is -0.170. The van der Waals surface area contributed by atoms with Gasteiger partial charge in [0.1, 0.15) is 0 Å². The molecule has 0 saturated heterocycles. The van der Waals surface area contributed by atoms with E-state index in [4.69, 9.17) is 21.1 Å². The van der Waals surface area contributed by atoms with Gasteiger partial charge in [0.15, 0.2) is 0 Å². The predicted octanol–water partition coefficient (Wildman–Crippen LogP) is 4.41. The molecule has 0 aliphatic rings. The third-order valence-electron chi connectivity index (χ3n) is 3.53. The number of hydrogen-bond acceptors (Lipinski definition) is 5. The Balaban J connectivity index is 3.13. The molecule has 27 heavy (non-hydrogen) atoms. The van der Waals surface area contributed by atoms with Crippen LogP contribution in [0.2, 0.25) is 5.02 Å². The van der Waals surface area contributed by atoms with Crippen LogP contribution in [-0.4, -0.2) is 29.6 Å². The summed E-state index contributed by atoms with van der Waals surface area (Å²) in [6, 6.07) is 4.50. The highest BCUT2D eigenvalue weighted by atomic mass is 35.5. The summed E-state index contributed by atoms with van der Waals surface area (Å²) in [6.45, 7) is 7.17. The van der Waals surface area contributed by atoms with Crippen molar-refractivity contribution in [1.82, 2.24) is 0 Å². The average Bonchev–Trinajstić information content (AvgIpc) is 2.57. The van der Waals surface area contributed by atoms with Crippen molar-refractivity contribution >= 4 is 35.6 Å². The maximum absolute atomic E-state index is 12.2. The van der Waals surface area contributed by atoms with Crippen LogP contribution >= 0.6 is 11.6 Å². The lowest BCUT2D eigenvalue weighted by Crippen LogP contribution is -2.28. The lowest BCUT2D eigenvalue weighted by Gasteiger charge is -2.22. The SMILES string of the molecule is CCCCOC(=O)/C=C/c1ccc(Cl)cc1C(OC(=O)C(C)(C)C)C(=O)O. The first kappa shape index (κ1) is 22.7. The summed E-state index contributed by atoms with van der Waals surface area (Å²) in [5.41, 5.74) is -0.308. The van der Waals surface area contributed by atoms with E-state index in [9.17, 15) is 19.5 Å². The number of rotatable bonds is 8. The second kappa shape index (κ2) is 10.1. The molecule has 0 aliphatic carbocycles. The Morgan fingerprint density at radius 1 is 1.26 bits per heavy atom.